The summed E-state index contributed by atoms with van der Waals surface area (Å²) in [7, 11) is 0. The van der Waals surface area contributed by atoms with E-state index in [0.717, 1.165) is 11.1 Å². The molecule has 0 aliphatic heterocycles. The molecule has 0 bridgehead atoms. The molecule has 0 saturated heterocycles. The number of benzene rings is 2. The number of nitrogens with one attached hydrogen (secondary N) is 3. The van der Waals surface area contributed by atoms with Gasteiger partial charge in [0.15, 0.2) is 0 Å². The summed E-state index contributed by atoms with van der Waals surface area (Å²) in [6.07, 6.45) is 0. The summed E-state index contributed by atoms with van der Waals surface area (Å²) in [6, 6.07) is 17.3. The Balaban J connectivity index is 1.77. The first-order valence-electron chi connectivity index (χ1n) is 7.70. The predicted octanol–water partition coefficient (Wildman–Crippen LogP) is 1.16. The van der Waals surface area contributed by atoms with E-state index in [1.54, 1.807) is 0 Å². The number of carbonyl (C=O) groups is 2. The van der Waals surface area contributed by atoms with Crippen molar-refractivity contribution in [1.29, 1.82) is 0 Å². The van der Waals surface area contributed by atoms with E-state index in [2.05, 4.69) is 16.0 Å². The second-order valence-corrected chi connectivity index (χ2v) is 5.25. The number of hydrogen-bond donors (Lipinski definition) is 4. The van der Waals surface area contributed by atoms with Crippen molar-refractivity contribution in [2.45, 2.75) is 19.1 Å². The van der Waals surface area contributed by atoms with Gasteiger partial charge in [-0.15, -0.1) is 0 Å². The lowest BCUT2D eigenvalue weighted by atomic mass is 10.2. The predicted molar refractivity (Wildman–Crippen MR) is 91.0 cm³/mol. The molecule has 6 nitrogen and oxygen atoms in total. The Bertz CT molecular complexity index is 647. The second-order valence-electron chi connectivity index (χ2n) is 5.25. The highest BCUT2D eigenvalue weighted by molar-refractivity contribution is 5.87. The molecule has 2 aromatic carbocycles. The molecule has 6 heteroatoms. The lowest BCUT2D eigenvalue weighted by Gasteiger charge is -2.16. The molecule has 0 saturated carbocycles. The highest BCUT2D eigenvalue weighted by Gasteiger charge is 2.19. The summed E-state index contributed by atoms with van der Waals surface area (Å²) >= 11 is 0. The van der Waals surface area contributed by atoms with Crippen molar-refractivity contribution in [3.8, 4) is 0 Å². The zero-order chi connectivity index (χ0) is 17.2. The lowest BCUT2D eigenvalue weighted by Crippen LogP contribution is -2.51. The fourth-order valence-corrected chi connectivity index (χ4v) is 2.09. The molecule has 3 amide bonds. The summed E-state index contributed by atoms with van der Waals surface area (Å²) in [6.45, 7) is 0.208. The van der Waals surface area contributed by atoms with Crippen LogP contribution < -0.4 is 16.0 Å². The van der Waals surface area contributed by atoms with Gasteiger partial charge in [-0.2, -0.15) is 0 Å². The van der Waals surface area contributed by atoms with Crippen LogP contribution in [0.15, 0.2) is 60.7 Å². The quantitative estimate of drug-likeness (QED) is 0.615. The molecule has 126 valence electrons. The third-order valence-corrected chi connectivity index (χ3v) is 3.41. The summed E-state index contributed by atoms with van der Waals surface area (Å²) in [5.41, 5.74) is 1.89. The smallest absolute Gasteiger partial charge is 0.315 e. The van der Waals surface area contributed by atoms with Gasteiger partial charge in [0.2, 0.25) is 5.91 Å². The van der Waals surface area contributed by atoms with Crippen molar-refractivity contribution < 1.29 is 14.7 Å². The van der Waals surface area contributed by atoms with E-state index >= 15 is 0 Å². The minimum atomic E-state index is -0.996. The van der Waals surface area contributed by atoms with Crippen LogP contribution in [0, 0.1) is 0 Å². The zero-order valence-electron chi connectivity index (χ0n) is 13.2. The largest absolute Gasteiger partial charge is 0.394 e. The molecule has 1 unspecified atom stereocenters. The maximum atomic E-state index is 12.0. The molecule has 2 aromatic rings. The first-order valence-corrected chi connectivity index (χ1v) is 7.70. The zero-order valence-corrected chi connectivity index (χ0v) is 13.2. The van der Waals surface area contributed by atoms with E-state index < -0.39 is 24.6 Å². The van der Waals surface area contributed by atoms with Crippen molar-refractivity contribution in [3.63, 3.8) is 0 Å². The highest BCUT2D eigenvalue weighted by Crippen LogP contribution is 1.98. The third-order valence-electron chi connectivity index (χ3n) is 3.41. The van der Waals surface area contributed by atoms with Crippen LogP contribution in [0.2, 0.25) is 0 Å². The van der Waals surface area contributed by atoms with Crippen molar-refractivity contribution in [2.75, 3.05) is 6.61 Å². The first-order chi connectivity index (χ1) is 11.7. The molecule has 0 fully saturated rings. The van der Waals surface area contributed by atoms with E-state index in [1.165, 1.54) is 0 Å². The second kappa shape index (κ2) is 9.32. The monoisotopic (exact) mass is 327 g/mol. The van der Waals surface area contributed by atoms with Crippen molar-refractivity contribution in [2.24, 2.45) is 0 Å². The van der Waals surface area contributed by atoms with E-state index in [4.69, 9.17) is 0 Å². The summed E-state index contributed by atoms with van der Waals surface area (Å²) in [4.78, 5) is 23.9. The molecule has 0 radical (unpaired) electrons. The highest BCUT2D eigenvalue weighted by atomic mass is 16.3. The first kappa shape index (κ1) is 17.5. The number of hydrogen-bond acceptors (Lipinski definition) is 3. The van der Waals surface area contributed by atoms with Crippen LogP contribution in [0.3, 0.4) is 0 Å². The van der Waals surface area contributed by atoms with E-state index in [-0.39, 0.29) is 0 Å². The van der Waals surface area contributed by atoms with Gasteiger partial charge in [0.1, 0.15) is 6.04 Å². The van der Waals surface area contributed by atoms with Crippen LogP contribution in [-0.4, -0.2) is 29.7 Å². The molecule has 24 heavy (non-hydrogen) atoms. The minimum Gasteiger partial charge on any atom is -0.394 e. The van der Waals surface area contributed by atoms with Gasteiger partial charge in [0.05, 0.1) is 6.61 Å². The summed E-state index contributed by atoms with van der Waals surface area (Å²) < 4.78 is 0. The number of carbonyl (C=O) groups excluding carboxylic acids is 2. The van der Waals surface area contributed by atoms with E-state index in [9.17, 15) is 14.7 Å². The summed E-state index contributed by atoms with van der Waals surface area (Å²) in [5, 5.41) is 17.1. The number of aliphatic hydroxyl groups is 1. The Hall–Kier alpha value is -2.86. The Kier molecular flexibility index (Phi) is 6.79. The molecular formula is C18H21N3O3. The van der Waals surface area contributed by atoms with Gasteiger partial charge in [-0.3, -0.25) is 4.79 Å². The number of aliphatic hydroxyl groups excluding tert-OH is 1. The van der Waals surface area contributed by atoms with Crippen molar-refractivity contribution >= 4 is 11.9 Å². The lowest BCUT2D eigenvalue weighted by molar-refractivity contribution is -0.123. The standard InChI is InChI=1S/C18H21N3O3/c22-13-16(17(23)19-11-14-7-3-1-4-8-14)21-18(24)20-12-15-9-5-2-6-10-15/h1-10,16,22H,11-13H2,(H,19,23)(H2,20,21,24). The molecule has 4 N–H and O–H groups in total. The molecule has 0 aromatic heterocycles. The molecular weight excluding hydrogens is 306 g/mol. The van der Waals surface area contributed by atoms with Gasteiger partial charge in [0.25, 0.3) is 0 Å². The van der Waals surface area contributed by atoms with Crippen LogP contribution in [0.1, 0.15) is 11.1 Å². The Labute approximate surface area is 140 Å². The Morgan fingerprint density at radius 3 is 1.83 bits per heavy atom. The molecule has 0 heterocycles. The molecule has 2 rings (SSSR count). The minimum absolute atomic E-state index is 0.337. The summed E-state index contributed by atoms with van der Waals surface area (Å²) in [5.74, 6) is -0.434. The SMILES string of the molecule is O=C(NCc1ccccc1)NC(CO)C(=O)NCc1ccccc1. The Morgan fingerprint density at radius 1 is 0.833 bits per heavy atom. The van der Waals surface area contributed by atoms with Gasteiger partial charge in [-0.05, 0) is 11.1 Å². The van der Waals surface area contributed by atoms with E-state index in [1.807, 2.05) is 60.7 Å². The van der Waals surface area contributed by atoms with Crippen LogP contribution in [0.5, 0.6) is 0 Å². The number of urea groups is 1. The number of rotatable bonds is 7. The average molecular weight is 327 g/mol. The third kappa shape index (κ3) is 5.73. The van der Waals surface area contributed by atoms with Crippen LogP contribution in [0.4, 0.5) is 4.79 Å². The number of amides is 3. The maximum absolute atomic E-state index is 12.0. The maximum Gasteiger partial charge on any atom is 0.315 e. The van der Waals surface area contributed by atoms with Crippen molar-refractivity contribution in [1.82, 2.24) is 16.0 Å². The van der Waals surface area contributed by atoms with Crippen molar-refractivity contribution in [3.05, 3.63) is 71.8 Å². The van der Waals surface area contributed by atoms with Gasteiger partial charge in [-0.25, -0.2) is 4.79 Å². The molecule has 0 spiro atoms. The normalized spacial score (nSPS) is 11.4. The van der Waals surface area contributed by atoms with Crippen LogP contribution >= 0.6 is 0 Å². The van der Waals surface area contributed by atoms with Gasteiger partial charge < -0.3 is 21.1 Å². The van der Waals surface area contributed by atoms with Crippen LogP contribution in [-0.2, 0) is 17.9 Å². The van der Waals surface area contributed by atoms with Crippen LogP contribution in [0.25, 0.3) is 0 Å². The average Bonchev–Trinajstić information content (AvgIpc) is 2.64. The fourth-order valence-electron chi connectivity index (χ4n) is 2.09. The Morgan fingerprint density at radius 2 is 1.33 bits per heavy atom. The molecule has 1 atom stereocenters. The molecule has 0 aliphatic rings. The molecule has 0 aliphatic carbocycles. The fraction of sp³-hybridized carbons (Fsp3) is 0.222. The van der Waals surface area contributed by atoms with Gasteiger partial charge in [-0.1, -0.05) is 60.7 Å². The van der Waals surface area contributed by atoms with E-state index in [0.29, 0.717) is 13.1 Å². The topological polar surface area (TPSA) is 90.5 Å². The van der Waals surface area contributed by atoms with Gasteiger partial charge >= 0.3 is 6.03 Å². The van der Waals surface area contributed by atoms with Gasteiger partial charge in [0, 0.05) is 13.1 Å².